The first-order valence-electron chi connectivity index (χ1n) is 10.3. The summed E-state index contributed by atoms with van der Waals surface area (Å²) < 4.78 is 11.1. The van der Waals surface area contributed by atoms with Crippen molar-refractivity contribution in [1.29, 1.82) is 0 Å². The van der Waals surface area contributed by atoms with Crippen LogP contribution < -0.4 is 5.32 Å². The smallest absolute Gasteiger partial charge is 0.277 e. The third kappa shape index (κ3) is 4.11. The third-order valence-electron chi connectivity index (χ3n) is 5.76. The second kappa shape index (κ2) is 7.85. The number of aryl methyl sites for hydroxylation is 1. The molecule has 8 heteroatoms. The molecule has 1 saturated carbocycles. The minimum absolute atomic E-state index is 0.160. The Morgan fingerprint density at radius 1 is 1.23 bits per heavy atom. The maximum Gasteiger partial charge on any atom is 0.277 e. The highest BCUT2D eigenvalue weighted by atomic mass is 16.4. The first-order valence-corrected chi connectivity index (χ1v) is 10.3. The van der Waals surface area contributed by atoms with Crippen LogP contribution in [0.25, 0.3) is 11.1 Å². The van der Waals surface area contributed by atoms with E-state index in [0.29, 0.717) is 40.0 Å². The van der Waals surface area contributed by atoms with Crippen molar-refractivity contribution in [3.05, 3.63) is 41.4 Å². The summed E-state index contributed by atoms with van der Waals surface area (Å²) in [7, 11) is 0. The van der Waals surface area contributed by atoms with E-state index < -0.39 is 11.5 Å². The van der Waals surface area contributed by atoms with Crippen molar-refractivity contribution in [1.82, 2.24) is 9.97 Å². The number of benzene rings is 1. The fraction of sp³-hybridized carbons (Fsp3) is 0.500. The van der Waals surface area contributed by atoms with E-state index in [1.807, 2.05) is 0 Å². The molecular weight excluding hydrogens is 386 g/mol. The summed E-state index contributed by atoms with van der Waals surface area (Å²) in [5, 5.41) is 22.8. The van der Waals surface area contributed by atoms with Crippen LogP contribution in [0.15, 0.2) is 27.2 Å². The standard InChI is InChI=1S/C22H27N3O5/c1-12-23-18(11-29-12)20(27)24-16-9-19-17(8-15(16)22(2,3)28)25-21(30-19)14-6-4-13(10-26)5-7-14/h8-9,11,13-14,26,28H,4-7,10H2,1-3H3,(H,24,27). The van der Waals surface area contributed by atoms with Gasteiger partial charge in [0.05, 0.1) is 11.3 Å². The lowest BCUT2D eigenvalue weighted by atomic mass is 9.82. The van der Waals surface area contributed by atoms with Gasteiger partial charge in [-0.15, -0.1) is 0 Å². The van der Waals surface area contributed by atoms with Crippen LogP contribution in [-0.2, 0) is 5.60 Å². The molecule has 0 aliphatic heterocycles. The quantitative estimate of drug-likeness (QED) is 0.580. The Labute approximate surface area is 174 Å². The van der Waals surface area contributed by atoms with Crippen LogP contribution in [0.4, 0.5) is 5.69 Å². The summed E-state index contributed by atoms with van der Waals surface area (Å²) in [6.07, 6.45) is 5.04. The van der Waals surface area contributed by atoms with Gasteiger partial charge >= 0.3 is 0 Å². The van der Waals surface area contributed by atoms with Crippen LogP contribution >= 0.6 is 0 Å². The van der Waals surface area contributed by atoms with Crippen LogP contribution in [0.3, 0.4) is 0 Å². The molecule has 1 aliphatic carbocycles. The fourth-order valence-electron chi connectivity index (χ4n) is 4.02. The van der Waals surface area contributed by atoms with Gasteiger partial charge in [0.2, 0.25) is 0 Å². The zero-order valence-corrected chi connectivity index (χ0v) is 17.4. The molecule has 30 heavy (non-hydrogen) atoms. The molecule has 1 fully saturated rings. The number of nitrogens with one attached hydrogen (secondary N) is 1. The van der Waals surface area contributed by atoms with Crippen LogP contribution in [0.1, 0.15) is 73.3 Å². The second-order valence-electron chi connectivity index (χ2n) is 8.58. The molecule has 0 radical (unpaired) electrons. The minimum Gasteiger partial charge on any atom is -0.448 e. The van der Waals surface area contributed by atoms with Gasteiger partial charge in [0, 0.05) is 31.1 Å². The van der Waals surface area contributed by atoms with E-state index in [1.165, 1.54) is 6.26 Å². The number of hydrogen-bond acceptors (Lipinski definition) is 7. The van der Waals surface area contributed by atoms with E-state index >= 15 is 0 Å². The molecule has 2 aromatic heterocycles. The summed E-state index contributed by atoms with van der Waals surface area (Å²) in [6, 6.07) is 3.45. The lowest BCUT2D eigenvalue weighted by Gasteiger charge is -2.24. The minimum atomic E-state index is -1.20. The SMILES string of the molecule is Cc1nc(C(=O)Nc2cc3oc(C4CCC(CO)CC4)nc3cc2C(C)(C)O)co1. The maximum atomic E-state index is 12.6. The van der Waals surface area contributed by atoms with Crippen LogP contribution in [0.2, 0.25) is 0 Å². The molecule has 0 spiro atoms. The van der Waals surface area contributed by atoms with Crippen molar-refractivity contribution in [2.75, 3.05) is 11.9 Å². The van der Waals surface area contributed by atoms with Gasteiger partial charge in [-0.25, -0.2) is 9.97 Å². The van der Waals surface area contributed by atoms with Crippen LogP contribution in [0, 0.1) is 12.8 Å². The van der Waals surface area contributed by atoms with Crippen molar-refractivity contribution in [3.8, 4) is 0 Å². The van der Waals surface area contributed by atoms with Crippen molar-refractivity contribution in [2.24, 2.45) is 5.92 Å². The van der Waals surface area contributed by atoms with Gasteiger partial charge in [0.25, 0.3) is 5.91 Å². The number of rotatable bonds is 5. The summed E-state index contributed by atoms with van der Waals surface area (Å²) >= 11 is 0. The molecule has 1 aliphatic rings. The van der Waals surface area contributed by atoms with Crippen molar-refractivity contribution in [2.45, 2.75) is 58.0 Å². The third-order valence-corrected chi connectivity index (χ3v) is 5.76. The predicted octanol–water partition coefficient (Wildman–Crippen LogP) is 3.87. The van der Waals surface area contributed by atoms with E-state index in [1.54, 1.807) is 32.9 Å². The molecular formula is C22H27N3O5. The first-order chi connectivity index (χ1) is 14.2. The second-order valence-corrected chi connectivity index (χ2v) is 8.58. The first kappa shape index (κ1) is 20.6. The lowest BCUT2D eigenvalue weighted by molar-refractivity contribution is 0.0793. The largest absolute Gasteiger partial charge is 0.448 e. The van der Waals surface area contributed by atoms with E-state index in [9.17, 15) is 15.0 Å². The molecule has 0 saturated heterocycles. The Morgan fingerprint density at radius 3 is 2.57 bits per heavy atom. The number of anilines is 1. The number of amides is 1. The monoisotopic (exact) mass is 413 g/mol. The highest BCUT2D eigenvalue weighted by Crippen LogP contribution is 2.38. The number of fused-ring (bicyclic) bond motifs is 1. The van der Waals surface area contributed by atoms with Gasteiger partial charge in [-0.3, -0.25) is 4.79 Å². The number of oxazole rings is 2. The molecule has 3 aromatic rings. The van der Waals surface area contributed by atoms with Gasteiger partial charge in [0.1, 0.15) is 11.8 Å². The number of carbonyl (C=O) groups excluding carboxylic acids is 1. The summed E-state index contributed by atoms with van der Waals surface area (Å²) in [5.41, 5.74) is 1.12. The Hall–Kier alpha value is -2.71. The van der Waals surface area contributed by atoms with Gasteiger partial charge in [0.15, 0.2) is 23.1 Å². The van der Waals surface area contributed by atoms with E-state index in [4.69, 9.17) is 8.83 Å². The topological polar surface area (TPSA) is 122 Å². The molecule has 160 valence electrons. The fourth-order valence-corrected chi connectivity index (χ4v) is 4.02. The van der Waals surface area contributed by atoms with Crippen molar-refractivity contribution in [3.63, 3.8) is 0 Å². The Balaban J connectivity index is 1.66. The Bertz CT molecular complexity index is 1050. The maximum absolute atomic E-state index is 12.6. The molecule has 0 unspecified atom stereocenters. The molecule has 8 nitrogen and oxygen atoms in total. The van der Waals surface area contributed by atoms with E-state index in [0.717, 1.165) is 25.7 Å². The van der Waals surface area contributed by atoms with E-state index in [-0.39, 0.29) is 18.2 Å². The number of nitrogens with zero attached hydrogens (tertiary/aromatic N) is 2. The molecule has 4 rings (SSSR count). The molecule has 2 heterocycles. The average Bonchev–Trinajstić information content (AvgIpc) is 3.32. The summed E-state index contributed by atoms with van der Waals surface area (Å²) in [6.45, 7) is 5.20. The highest BCUT2D eigenvalue weighted by Gasteiger charge is 2.28. The zero-order chi connectivity index (χ0) is 21.5. The molecule has 0 atom stereocenters. The highest BCUT2D eigenvalue weighted by molar-refractivity contribution is 6.04. The van der Waals surface area contributed by atoms with Gasteiger partial charge in [-0.05, 0) is 51.5 Å². The number of carbonyl (C=O) groups is 1. The number of aliphatic hydroxyl groups excluding tert-OH is 1. The summed E-state index contributed by atoms with van der Waals surface area (Å²) in [5.74, 6) is 1.20. The molecule has 3 N–H and O–H groups in total. The Kier molecular flexibility index (Phi) is 5.38. The average molecular weight is 413 g/mol. The molecule has 1 aromatic carbocycles. The van der Waals surface area contributed by atoms with Crippen molar-refractivity contribution < 1.29 is 23.8 Å². The summed E-state index contributed by atoms with van der Waals surface area (Å²) in [4.78, 5) is 21.3. The van der Waals surface area contributed by atoms with Gasteiger partial charge in [-0.1, -0.05) is 0 Å². The van der Waals surface area contributed by atoms with Crippen molar-refractivity contribution >= 4 is 22.7 Å². The predicted molar refractivity (Wildman–Crippen MR) is 110 cm³/mol. The van der Waals surface area contributed by atoms with Gasteiger partial charge in [-0.2, -0.15) is 0 Å². The number of aromatic nitrogens is 2. The van der Waals surface area contributed by atoms with Gasteiger partial charge < -0.3 is 24.4 Å². The normalized spacial score (nSPS) is 19.9. The lowest BCUT2D eigenvalue weighted by Crippen LogP contribution is -2.21. The number of aliphatic hydroxyl groups is 2. The van der Waals surface area contributed by atoms with E-state index in [2.05, 4.69) is 15.3 Å². The van der Waals surface area contributed by atoms with Crippen LogP contribution in [-0.4, -0.2) is 32.7 Å². The molecule has 1 amide bonds. The Morgan fingerprint density at radius 2 is 1.97 bits per heavy atom. The van der Waals surface area contributed by atoms with Crippen LogP contribution in [0.5, 0.6) is 0 Å². The zero-order valence-electron chi connectivity index (χ0n) is 17.4. The molecule has 0 bridgehead atoms. The number of hydrogen-bond donors (Lipinski definition) is 3.